The van der Waals surface area contributed by atoms with E-state index in [1.165, 1.54) is 42.8 Å². The Hall–Kier alpha value is -0.990. The van der Waals surface area contributed by atoms with Crippen LogP contribution in [0.3, 0.4) is 0 Å². The Morgan fingerprint density at radius 2 is 1.79 bits per heavy atom. The number of hydrogen-bond donors (Lipinski definition) is 0. The highest BCUT2D eigenvalue weighted by Gasteiger charge is 2.06. The molecule has 0 aromatic heterocycles. The third-order valence-corrected chi connectivity index (χ3v) is 4.21. The summed E-state index contributed by atoms with van der Waals surface area (Å²) in [5, 5.41) is 0. The van der Waals surface area contributed by atoms with Crippen molar-refractivity contribution in [1.29, 1.82) is 0 Å². The fraction of sp³-hybridized carbons (Fsp3) is 0.412. The van der Waals surface area contributed by atoms with Gasteiger partial charge in [-0.15, -0.1) is 11.8 Å². The molecule has 19 heavy (non-hydrogen) atoms. The zero-order chi connectivity index (χ0) is 13.3. The molecule has 1 aromatic carbocycles. The summed E-state index contributed by atoms with van der Waals surface area (Å²) < 4.78 is 0. The lowest BCUT2D eigenvalue weighted by molar-refractivity contribution is 0.251. The smallest absolute Gasteiger partial charge is 0.0166 e. The third kappa shape index (κ3) is 5.25. The van der Waals surface area contributed by atoms with Gasteiger partial charge in [0.15, 0.2) is 0 Å². The minimum Gasteiger partial charge on any atom is -0.300 e. The van der Waals surface area contributed by atoms with Crippen LogP contribution in [0.4, 0.5) is 0 Å². The predicted molar refractivity (Wildman–Crippen MR) is 86.7 cm³/mol. The molecule has 0 bridgehead atoms. The van der Waals surface area contributed by atoms with Gasteiger partial charge in [-0.05, 0) is 49.9 Å². The van der Waals surface area contributed by atoms with Crippen molar-refractivity contribution in [3.05, 3.63) is 48.1 Å². The molecule has 0 atom stereocenters. The van der Waals surface area contributed by atoms with Crippen LogP contribution in [-0.4, -0.2) is 30.8 Å². The second-order valence-electron chi connectivity index (χ2n) is 4.92. The summed E-state index contributed by atoms with van der Waals surface area (Å²) in [4.78, 5) is 3.85. The molecular weight excluding hydrogens is 250 g/mol. The Balaban J connectivity index is 1.75. The molecule has 0 spiro atoms. The normalized spacial score (nSPS) is 17.5. The number of hydrogen-bond acceptors (Lipinski definition) is 2. The maximum Gasteiger partial charge on any atom is 0.0166 e. The van der Waals surface area contributed by atoms with Gasteiger partial charge in [-0.3, -0.25) is 4.90 Å². The first kappa shape index (κ1) is 14.4. The Kier molecular flexibility index (Phi) is 6.25. The molecule has 102 valence electrons. The van der Waals surface area contributed by atoms with Crippen LogP contribution >= 0.6 is 11.8 Å². The van der Waals surface area contributed by atoms with E-state index in [-0.39, 0.29) is 0 Å². The van der Waals surface area contributed by atoms with Crippen LogP contribution in [0.25, 0.3) is 6.08 Å². The van der Waals surface area contributed by atoms with E-state index in [1.54, 1.807) is 11.8 Å². The summed E-state index contributed by atoms with van der Waals surface area (Å²) in [7, 11) is 0. The zero-order valence-electron chi connectivity index (χ0n) is 11.7. The van der Waals surface area contributed by atoms with Crippen molar-refractivity contribution in [3.8, 4) is 0 Å². The molecule has 0 unspecified atom stereocenters. The fourth-order valence-electron chi connectivity index (χ4n) is 2.31. The van der Waals surface area contributed by atoms with Crippen LogP contribution < -0.4 is 0 Å². The third-order valence-electron chi connectivity index (χ3n) is 3.46. The van der Waals surface area contributed by atoms with Gasteiger partial charge >= 0.3 is 0 Å². The molecule has 0 amide bonds. The van der Waals surface area contributed by atoms with Gasteiger partial charge in [-0.25, -0.2) is 0 Å². The van der Waals surface area contributed by atoms with E-state index in [1.807, 2.05) is 0 Å². The topological polar surface area (TPSA) is 3.24 Å². The molecule has 1 aromatic rings. The molecule has 0 saturated carbocycles. The van der Waals surface area contributed by atoms with Crippen molar-refractivity contribution in [3.63, 3.8) is 0 Å². The highest BCUT2D eigenvalue weighted by molar-refractivity contribution is 7.98. The monoisotopic (exact) mass is 273 g/mol. The average molecular weight is 273 g/mol. The van der Waals surface area contributed by atoms with Gasteiger partial charge in [-0.2, -0.15) is 0 Å². The Morgan fingerprint density at radius 1 is 1.05 bits per heavy atom. The van der Waals surface area contributed by atoms with E-state index in [4.69, 9.17) is 0 Å². The van der Waals surface area contributed by atoms with E-state index < -0.39 is 0 Å². The number of allylic oxidation sites excluding steroid dienone is 2. The van der Waals surface area contributed by atoms with Gasteiger partial charge in [0.2, 0.25) is 0 Å². The molecular formula is C17H23NS. The van der Waals surface area contributed by atoms with Crippen LogP contribution in [0.15, 0.2) is 47.4 Å². The van der Waals surface area contributed by atoms with Crippen LogP contribution in [0.1, 0.15) is 24.8 Å². The number of benzene rings is 1. The van der Waals surface area contributed by atoms with Gasteiger partial charge in [0.05, 0.1) is 0 Å². The molecule has 1 heterocycles. The van der Waals surface area contributed by atoms with Crippen LogP contribution in [-0.2, 0) is 0 Å². The number of likely N-dealkylation sites (tertiary alicyclic amines) is 1. The molecule has 1 fully saturated rings. The summed E-state index contributed by atoms with van der Waals surface area (Å²) >= 11 is 1.78. The Bertz CT molecular complexity index is 413. The lowest BCUT2D eigenvalue weighted by Gasteiger charge is -2.24. The molecule has 0 radical (unpaired) electrons. The van der Waals surface area contributed by atoms with E-state index in [0.717, 1.165) is 6.54 Å². The van der Waals surface area contributed by atoms with Crippen LogP contribution in [0.2, 0.25) is 0 Å². The van der Waals surface area contributed by atoms with E-state index in [9.17, 15) is 0 Å². The molecule has 0 aliphatic carbocycles. The maximum absolute atomic E-state index is 2.53. The van der Waals surface area contributed by atoms with Crippen LogP contribution in [0.5, 0.6) is 0 Å². The number of thioether (sulfide) groups is 1. The summed E-state index contributed by atoms with van der Waals surface area (Å²) in [6.07, 6.45) is 15.0. The minimum absolute atomic E-state index is 1.09. The van der Waals surface area contributed by atoms with E-state index >= 15 is 0 Å². The maximum atomic E-state index is 2.53. The van der Waals surface area contributed by atoms with Gasteiger partial charge in [0, 0.05) is 11.4 Å². The molecule has 2 heteroatoms. The van der Waals surface area contributed by atoms with Crippen molar-refractivity contribution < 1.29 is 0 Å². The summed E-state index contributed by atoms with van der Waals surface area (Å²) in [6, 6.07) is 8.67. The van der Waals surface area contributed by atoms with Gasteiger partial charge in [0.1, 0.15) is 0 Å². The second-order valence-corrected chi connectivity index (χ2v) is 5.80. The zero-order valence-corrected chi connectivity index (χ0v) is 12.5. The molecule has 1 saturated heterocycles. The SMILES string of the molecule is CSc1ccc(/C=C/C=C/CN2CCCCC2)cc1. The van der Waals surface area contributed by atoms with Gasteiger partial charge in [0.25, 0.3) is 0 Å². The van der Waals surface area contributed by atoms with Crippen molar-refractivity contribution >= 4 is 17.8 Å². The number of piperidine rings is 1. The molecule has 0 N–H and O–H groups in total. The molecule has 2 rings (SSSR count). The Labute approximate surface area is 121 Å². The number of rotatable bonds is 5. The summed E-state index contributed by atoms with van der Waals surface area (Å²) in [5.74, 6) is 0. The summed E-state index contributed by atoms with van der Waals surface area (Å²) in [6.45, 7) is 3.63. The first-order valence-electron chi connectivity index (χ1n) is 7.08. The highest BCUT2D eigenvalue weighted by atomic mass is 32.2. The van der Waals surface area contributed by atoms with Gasteiger partial charge in [-0.1, -0.05) is 42.9 Å². The van der Waals surface area contributed by atoms with Crippen molar-refractivity contribution in [1.82, 2.24) is 4.90 Å². The Morgan fingerprint density at radius 3 is 2.47 bits per heavy atom. The quantitative estimate of drug-likeness (QED) is 0.575. The average Bonchev–Trinajstić information content (AvgIpc) is 2.49. The standard InChI is InChI=1S/C17H23NS/c1-19-17-11-9-16(10-12-17)8-4-2-5-13-18-14-6-3-7-15-18/h2,4-5,8-12H,3,6-7,13-15H2,1H3/b5-2+,8-4+. The first-order valence-corrected chi connectivity index (χ1v) is 8.30. The molecule has 1 nitrogen and oxygen atoms in total. The highest BCUT2D eigenvalue weighted by Crippen LogP contribution is 2.15. The first-order chi connectivity index (χ1) is 9.38. The lowest BCUT2D eigenvalue weighted by atomic mass is 10.1. The molecule has 1 aliphatic rings. The van der Waals surface area contributed by atoms with E-state index in [0.29, 0.717) is 0 Å². The summed E-state index contributed by atoms with van der Waals surface area (Å²) in [5.41, 5.74) is 1.26. The van der Waals surface area contributed by atoms with E-state index in [2.05, 4.69) is 59.7 Å². The van der Waals surface area contributed by atoms with Crippen LogP contribution in [0, 0.1) is 0 Å². The van der Waals surface area contributed by atoms with Crippen molar-refractivity contribution in [2.75, 3.05) is 25.9 Å². The minimum atomic E-state index is 1.09. The number of nitrogens with zero attached hydrogens (tertiary/aromatic N) is 1. The molecule has 1 aliphatic heterocycles. The largest absolute Gasteiger partial charge is 0.300 e. The van der Waals surface area contributed by atoms with Gasteiger partial charge < -0.3 is 0 Å². The second kappa shape index (κ2) is 8.23. The van der Waals surface area contributed by atoms with Crippen molar-refractivity contribution in [2.45, 2.75) is 24.2 Å². The van der Waals surface area contributed by atoms with Crippen molar-refractivity contribution in [2.24, 2.45) is 0 Å². The predicted octanol–water partition coefficient (Wildman–Crippen LogP) is 4.46. The lowest BCUT2D eigenvalue weighted by Crippen LogP contribution is -2.29. The fourth-order valence-corrected chi connectivity index (χ4v) is 2.72.